The Balaban J connectivity index is 2.63. The minimum Gasteiger partial charge on any atom is -0.301 e. The van der Waals surface area contributed by atoms with Crippen LogP contribution in [0, 0.1) is 0 Å². The average Bonchev–Trinajstić information content (AvgIpc) is 2.42. The molecule has 1 aromatic rings. The lowest BCUT2D eigenvalue weighted by Gasteiger charge is -2.26. The Hall–Kier alpha value is -1.94. The first kappa shape index (κ1) is 15.1. The van der Waals surface area contributed by atoms with Crippen LogP contribution in [0.1, 0.15) is 25.8 Å². The van der Waals surface area contributed by atoms with Crippen LogP contribution in [0.15, 0.2) is 36.4 Å². The van der Waals surface area contributed by atoms with Crippen LogP contribution in [-0.4, -0.2) is 29.8 Å². The van der Waals surface area contributed by atoms with Crippen molar-refractivity contribution in [3.8, 4) is 0 Å². The van der Waals surface area contributed by atoms with E-state index in [1.54, 1.807) is 0 Å². The number of nitrogens with one attached hydrogen (secondary N) is 1. The summed E-state index contributed by atoms with van der Waals surface area (Å²) in [5.41, 5.74) is 3.97. The molecule has 102 valence electrons. The van der Waals surface area contributed by atoms with Crippen molar-refractivity contribution in [2.45, 2.75) is 26.3 Å². The van der Waals surface area contributed by atoms with E-state index in [2.05, 4.69) is 5.43 Å². The highest BCUT2D eigenvalue weighted by Crippen LogP contribution is 2.06. The minimum absolute atomic E-state index is 0.160. The largest absolute Gasteiger partial charge is 0.301 e. The molecule has 1 amide bonds. The number of carbonyl (C=O) groups is 2. The number of rotatable bonds is 7. The number of hydrogen-bond donors (Lipinski definition) is 1. The molecule has 1 atom stereocenters. The molecule has 1 aromatic carbocycles. The molecule has 0 aromatic heterocycles. The number of hydrogen-bond acceptors (Lipinski definition) is 3. The van der Waals surface area contributed by atoms with Crippen molar-refractivity contribution in [1.82, 2.24) is 10.4 Å². The zero-order valence-corrected chi connectivity index (χ0v) is 11.4. The number of hydrazine groups is 1. The van der Waals surface area contributed by atoms with Gasteiger partial charge in [0.15, 0.2) is 0 Å². The van der Waals surface area contributed by atoms with Gasteiger partial charge in [0.05, 0.1) is 0 Å². The molecule has 4 heteroatoms. The van der Waals surface area contributed by atoms with Gasteiger partial charge in [-0.3, -0.25) is 9.80 Å². The number of benzene rings is 1. The zero-order valence-electron chi connectivity index (χ0n) is 11.4. The SMILES string of the molecule is CCNN(C(C)=O)[C@H](C=O)CC=Cc1ccccc1. The van der Waals surface area contributed by atoms with Crippen molar-refractivity contribution in [2.75, 3.05) is 6.54 Å². The van der Waals surface area contributed by atoms with Gasteiger partial charge in [0.2, 0.25) is 5.91 Å². The lowest BCUT2D eigenvalue weighted by molar-refractivity contribution is -0.137. The van der Waals surface area contributed by atoms with Crippen LogP contribution in [0.4, 0.5) is 0 Å². The molecule has 0 fully saturated rings. The molecule has 4 nitrogen and oxygen atoms in total. The Kier molecular flexibility index (Phi) is 6.53. The van der Waals surface area contributed by atoms with E-state index in [4.69, 9.17) is 0 Å². The van der Waals surface area contributed by atoms with E-state index in [1.165, 1.54) is 11.9 Å². The molecule has 1 N–H and O–H groups in total. The zero-order chi connectivity index (χ0) is 14.1. The van der Waals surface area contributed by atoms with Gasteiger partial charge >= 0.3 is 0 Å². The van der Waals surface area contributed by atoms with Crippen molar-refractivity contribution < 1.29 is 9.59 Å². The number of aldehydes is 1. The number of amides is 1. The molecule has 19 heavy (non-hydrogen) atoms. The van der Waals surface area contributed by atoms with Crippen molar-refractivity contribution >= 4 is 18.3 Å². The first-order valence-corrected chi connectivity index (χ1v) is 6.39. The lowest BCUT2D eigenvalue weighted by Crippen LogP contribution is -2.49. The van der Waals surface area contributed by atoms with E-state index >= 15 is 0 Å². The van der Waals surface area contributed by atoms with Gasteiger partial charge in [-0.25, -0.2) is 5.43 Å². The first-order valence-electron chi connectivity index (χ1n) is 6.39. The van der Waals surface area contributed by atoms with Crippen LogP contribution in [0.2, 0.25) is 0 Å². The van der Waals surface area contributed by atoms with Gasteiger partial charge < -0.3 is 4.79 Å². The number of nitrogens with zero attached hydrogens (tertiary/aromatic N) is 1. The van der Waals surface area contributed by atoms with Crippen molar-refractivity contribution in [3.63, 3.8) is 0 Å². The van der Waals surface area contributed by atoms with E-state index in [-0.39, 0.29) is 5.91 Å². The maximum atomic E-state index is 11.4. The highest BCUT2D eigenvalue weighted by atomic mass is 16.2. The Labute approximate surface area is 114 Å². The Bertz CT molecular complexity index is 429. The summed E-state index contributed by atoms with van der Waals surface area (Å²) in [5, 5.41) is 1.38. The van der Waals surface area contributed by atoms with E-state index in [9.17, 15) is 9.59 Å². The molecule has 0 bridgehead atoms. The fourth-order valence-electron chi connectivity index (χ4n) is 1.76. The summed E-state index contributed by atoms with van der Waals surface area (Å²) in [4.78, 5) is 22.5. The summed E-state index contributed by atoms with van der Waals surface area (Å²) < 4.78 is 0. The monoisotopic (exact) mass is 260 g/mol. The van der Waals surface area contributed by atoms with Gasteiger partial charge in [-0.15, -0.1) is 0 Å². The molecule has 0 aliphatic carbocycles. The normalized spacial score (nSPS) is 12.3. The highest BCUT2D eigenvalue weighted by molar-refractivity contribution is 5.77. The highest BCUT2D eigenvalue weighted by Gasteiger charge is 2.18. The maximum Gasteiger partial charge on any atom is 0.234 e. The summed E-state index contributed by atoms with van der Waals surface area (Å²) in [5.74, 6) is -0.160. The van der Waals surface area contributed by atoms with E-state index in [0.29, 0.717) is 13.0 Å². The van der Waals surface area contributed by atoms with E-state index in [1.807, 2.05) is 49.4 Å². The molecule has 0 aliphatic heterocycles. The maximum absolute atomic E-state index is 11.4. The Morgan fingerprint density at radius 2 is 2.05 bits per heavy atom. The van der Waals surface area contributed by atoms with Gasteiger partial charge in [0, 0.05) is 13.5 Å². The second-order valence-electron chi connectivity index (χ2n) is 4.15. The fraction of sp³-hybridized carbons (Fsp3) is 0.333. The summed E-state index contributed by atoms with van der Waals surface area (Å²) in [6.45, 7) is 3.93. The molecule has 0 radical (unpaired) electrons. The van der Waals surface area contributed by atoms with Gasteiger partial charge in [0.1, 0.15) is 12.3 Å². The smallest absolute Gasteiger partial charge is 0.234 e. The van der Waals surface area contributed by atoms with Gasteiger partial charge in [0.25, 0.3) is 0 Å². The van der Waals surface area contributed by atoms with Crippen molar-refractivity contribution in [2.24, 2.45) is 0 Å². The molecule has 0 saturated heterocycles. The second kappa shape index (κ2) is 8.21. The summed E-state index contributed by atoms with van der Waals surface area (Å²) in [6.07, 6.45) is 5.13. The topological polar surface area (TPSA) is 49.4 Å². The molecular formula is C15H20N2O2. The number of carbonyl (C=O) groups excluding carboxylic acids is 2. The van der Waals surface area contributed by atoms with Gasteiger partial charge in [-0.05, 0) is 12.0 Å². The van der Waals surface area contributed by atoms with Crippen LogP contribution >= 0.6 is 0 Å². The van der Waals surface area contributed by atoms with E-state index in [0.717, 1.165) is 11.8 Å². The third-order valence-corrected chi connectivity index (χ3v) is 2.64. The summed E-state index contributed by atoms with van der Waals surface area (Å²) >= 11 is 0. The molecule has 1 rings (SSSR count). The quantitative estimate of drug-likeness (QED) is 0.603. The van der Waals surface area contributed by atoms with Crippen LogP contribution in [-0.2, 0) is 9.59 Å². The van der Waals surface area contributed by atoms with Crippen LogP contribution in [0.5, 0.6) is 0 Å². The minimum atomic E-state index is -0.475. The standard InChI is InChI=1S/C15H20N2O2/c1-3-16-17(13(2)19)15(12-18)11-7-10-14-8-5-4-6-9-14/h4-10,12,15-16H,3,11H2,1-2H3/t15-/m0/s1. The first-order chi connectivity index (χ1) is 9.19. The third-order valence-electron chi connectivity index (χ3n) is 2.64. The van der Waals surface area contributed by atoms with Crippen molar-refractivity contribution in [3.05, 3.63) is 42.0 Å². The predicted molar refractivity (Wildman–Crippen MR) is 76.1 cm³/mol. The van der Waals surface area contributed by atoms with E-state index < -0.39 is 6.04 Å². The Morgan fingerprint density at radius 3 is 2.58 bits per heavy atom. The van der Waals surface area contributed by atoms with Crippen LogP contribution < -0.4 is 5.43 Å². The summed E-state index contributed by atoms with van der Waals surface area (Å²) in [7, 11) is 0. The summed E-state index contributed by atoms with van der Waals surface area (Å²) in [6, 6.07) is 9.36. The molecule has 0 heterocycles. The molecular weight excluding hydrogens is 240 g/mol. The third kappa shape index (κ3) is 5.06. The van der Waals surface area contributed by atoms with Crippen LogP contribution in [0.3, 0.4) is 0 Å². The predicted octanol–water partition coefficient (Wildman–Crippen LogP) is 2.03. The average molecular weight is 260 g/mol. The van der Waals surface area contributed by atoms with Crippen molar-refractivity contribution in [1.29, 1.82) is 0 Å². The van der Waals surface area contributed by atoms with Gasteiger partial charge in [-0.2, -0.15) is 0 Å². The molecule has 0 saturated carbocycles. The molecule has 0 unspecified atom stereocenters. The molecule has 0 spiro atoms. The lowest BCUT2D eigenvalue weighted by atomic mass is 10.1. The van der Waals surface area contributed by atoms with Gasteiger partial charge in [-0.1, -0.05) is 49.4 Å². The molecule has 0 aliphatic rings. The van der Waals surface area contributed by atoms with Crippen LogP contribution in [0.25, 0.3) is 6.08 Å². The fourth-order valence-corrected chi connectivity index (χ4v) is 1.76. The Morgan fingerprint density at radius 1 is 1.37 bits per heavy atom. The second-order valence-corrected chi connectivity index (χ2v) is 4.15.